The van der Waals surface area contributed by atoms with Crippen molar-refractivity contribution in [3.05, 3.63) is 29.8 Å². The van der Waals surface area contributed by atoms with Gasteiger partial charge in [-0.15, -0.1) is 12.4 Å². The molecule has 0 saturated carbocycles. The van der Waals surface area contributed by atoms with E-state index in [2.05, 4.69) is 10.2 Å². The lowest BCUT2D eigenvalue weighted by Gasteiger charge is -2.16. The Morgan fingerprint density at radius 1 is 1.35 bits per heavy atom. The molecule has 0 aliphatic carbocycles. The highest BCUT2D eigenvalue weighted by atomic mass is 35.5. The number of carbonyl (C=O) groups is 1. The molecule has 0 fully saturated rings. The molecule has 1 unspecified atom stereocenters. The molecule has 0 aliphatic rings. The van der Waals surface area contributed by atoms with Crippen LogP contribution in [0.25, 0.3) is 0 Å². The molecule has 1 aromatic rings. The minimum atomic E-state index is -0.472. The molecule has 1 atom stereocenters. The molecule has 114 valence electrons. The van der Waals surface area contributed by atoms with E-state index in [4.69, 9.17) is 4.74 Å². The van der Waals surface area contributed by atoms with Gasteiger partial charge in [-0.2, -0.15) is 0 Å². The van der Waals surface area contributed by atoms with Crippen molar-refractivity contribution in [3.63, 3.8) is 0 Å². The molecule has 1 N–H and O–H groups in total. The van der Waals surface area contributed by atoms with Crippen LogP contribution in [-0.2, 0) is 4.79 Å². The maximum Gasteiger partial charge on any atom is 0.260 e. The van der Waals surface area contributed by atoms with Crippen LogP contribution >= 0.6 is 12.4 Å². The van der Waals surface area contributed by atoms with Crippen LogP contribution < -0.4 is 10.1 Å². The number of carbonyl (C=O) groups excluding carboxylic acids is 1. The predicted octanol–water partition coefficient (Wildman–Crippen LogP) is 2.25. The Morgan fingerprint density at radius 3 is 2.60 bits per heavy atom. The Morgan fingerprint density at radius 2 is 2.00 bits per heavy atom. The van der Waals surface area contributed by atoms with Crippen LogP contribution in [0.4, 0.5) is 0 Å². The summed E-state index contributed by atoms with van der Waals surface area (Å²) >= 11 is 0. The number of amides is 1. The van der Waals surface area contributed by atoms with E-state index in [1.54, 1.807) is 6.92 Å². The minimum absolute atomic E-state index is 0. The van der Waals surface area contributed by atoms with Crippen LogP contribution in [0.15, 0.2) is 24.3 Å². The standard InChI is InChI=1S/C15H24N2O2.ClH/c1-12-8-5-6-9-14(12)19-13(2)15(18)16-10-7-11-17(3)4;/h5-6,8-9,13H,7,10-11H2,1-4H3,(H,16,18);1H. The smallest absolute Gasteiger partial charge is 0.260 e. The average molecular weight is 301 g/mol. The summed E-state index contributed by atoms with van der Waals surface area (Å²) < 4.78 is 5.66. The first-order valence-corrected chi connectivity index (χ1v) is 6.65. The van der Waals surface area contributed by atoms with Crippen LogP contribution in [0.3, 0.4) is 0 Å². The second-order valence-electron chi connectivity index (χ2n) is 4.97. The molecule has 1 rings (SSSR count). The number of benzene rings is 1. The molecular formula is C15H25ClN2O2. The van der Waals surface area contributed by atoms with E-state index in [9.17, 15) is 4.79 Å². The summed E-state index contributed by atoms with van der Waals surface area (Å²) in [6, 6.07) is 7.71. The van der Waals surface area contributed by atoms with Gasteiger partial charge in [-0.25, -0.2) is 0 Å². The van der Waals surface area contributed by atoms with Gasteiger partial charge >= 0.3 is 0 Å². The summed E-state index contributed by atoms with van der Waals surface area (Å²) in [5.74, 6) is 0.695. The zero-order chi connectivity index (χ0) is 14.3. The van der Waals surface area contributed by atoms with Gasteiger partial charge in [-0.1, -0.05) is 18.2 Å². The first kappa shape index (κ1) is 18.7. The van der Waals surface area contributed by atoms with Gasteiger partial charge in [0.25, 0.3) is 5.91 Å². The van der Waals surface area contributed by atoms with Gasteiger partial charge in [-0.3, -0.25) is 4.79 Å². The third kappa shape index (κ3) is 6.78. The van der Waals surface area contributed by atoms with Gasteiger partial charge in [0.15, 0.2) is 6.10 Å². The molecule has 0 heterocycles. The Hall–Kier alpha value is -1.26. The van der Waals surface area contributed by atoms with E-state index in [-0.39, 0.29) is 18.3 Å². The minimum Gasteiger partial charge on any atom is -0.481 e. The van der Waals surface area contributed by atoms with Gasteiger partial charge in [0, 0.05) is 6.54 Å². The number of nitrogens with zero attached hydrogens (tertiary/aromatic N) is 1. The first-order valence-electron chi connectivity index (χ1n) is 6.65. The molecule has 0 aromatic heterocycles. The Labute approximate surface area is 127 Å². The molecule has 4 nitrogen and oxygen atoms in total. The summed E-state index contributed by atoms with van der Waals surface area (Å²) in [4.78, 5) is 14.0. The fourth-order valence-corrected chi connectivity index (χ4v) is 1.68. The number of hydrogen-bond donors (Lipinski definition) is 1. The lowest BCUT2D eigenvalue weighted by Crippen LogP contribution is -2.37. The Balaban J connectivity index is 0.00000361. The van der Waals surface area contributed by atoms with Crippen LogP contribution in [0.5, 0.6) is 5.75 Å². The Kier molecular flexibility index (Phi) is 9.01. The zero-order valence-electron chi connectivity index (χ0n) is 12.7. The molecular weight excluding hydrogens is 276 g/mol. The molecule has 0 spiro atoms. The number of hydrogen-bond acceptors (Lipinski definition) is 3. The molecule has 1 aromatic carbocycles. The number of rotatable bonds is 7. The highest BCUT2D eigenvalue weighted by Crippen LogP contribution is 2.17. The maximum absolute atomic E-state index is 11.9. The SMILES string of the molecule is Cc1ccccc1OC(C)C(=O)NCCCN(C)C.Cl. The Bertz CT molecular complexity index is 411. The van der Waals surface area contributed by atoms with Crippen molar-refractivity contribution < 1.29 is 9.53 Å². The van der Waals surface area contributed by atoms with Gasteiger partial charge in [0.05, 0.1) is 0 Å². The quantitative estimate of drug-likeness (QED) is 0.785. The van der Waals surface area contributed by atoms with E-state index in [1.165, 1.54) is 0 Å². The van der Waals surface area contributed by atoms with Gasteiger partial charge in [0.2, 0.25) is 0 Å². The van der Waals surface area contributed by atoms with E-state index >= 15 is 0 Å². The van der Waals surface area contributed by atoms with Crippen molar-refractivity contribution in [1.29, 1.82) is 0 Å². The van der Waals surface area contributed by atoms with Gasteiger partial charge in [-0.05, 0) is 52.5 Å². The number of para-hydroxylation sites is 1. The fourth-order valence-electron chi connectivity index (χ4n) is 1.68. The van der Waals surface area contributed by atoms with E-state index in [0.29, 0.717) is 6.54 Å². The van der Waals surface area contributed by atoms with Crippen molar-refractivity contribution in [3.8, 4) is 5.75 Å². The van der Waals surface area contributed by atoms with Gasteiger partial charge < -0.3 is 15.0 Å². The van der Waals surface area contributed by atoms with Crippen LogP contribution in [0, 0.1) is 6.92 Å². The number of aryl methyl sites for hydroxylation is 1. The number of nitrogens with one attached hydrogen (secondary N) is 1. The highest BCUT2D eigenvalue weighted by molar-refractivity contribution is 5.85. The van der Waals surface area contributed by atoms with E-state index < -0.39 is 6.10 Å². The third-order valence-electron chi connectivity index (χ3n) is 2.85. The molecule has 0 radical (unpaired) electrons. The average Bonchev–Trinajstić information content (AvgIpc) is 2.36. The molecule has 0 saturated heterocycles. The summed E-state index contributed by atoms with van der Waals surface area (Å²) in [5, 5.41) is 2.89. The summed E-state index contributed by atoms with van der Waals surface area (Å²) in [5.41, 5.74) is 1.04. The van der Waals surface area contributed by atoms with Crippen LogP contribution in [-0.4, -0.2) is 44.1 Å². The van der Waals surface area contributed by atoms with E-state index in [0.717, 1.165) is 24.3 Å². The normalized spacial score (nSPS) is 11.7. The van der Waals surface area contributed by atoms with Crippen molar-refractivity contribution >= 4 is 18.3 Å². The fraction of sp³-hybridized carbons (Fsp3) is 0.533. The van der Waals surface area contributed by atoms with Crippen molar-refractivity contribution in [2.24, 2.45) is 0 Å². The molecule has 0 bridgehead atoms. The highest BCUT2D eigenvalue weighted by Gasteiger charge is 2.14. The lowest BCUT2D eigenvalue weighted by atomic mass is 10.2. The topological polar surface area (TPSA) is 41.6 Å². The largest absolute Gasteiger partial charge is 0.481 e. The van der Waals surface area contributed by atoms with Crippen molar-refractivity contribution in [2.45, 2.75) is 26.4 Å². The lowest BCUT2D eigenvalue weighted by molar-refractivity contribution is -0.127. The monoisotopic (exact) mass is 300 g/mol. The maximum atomic E-state index is 11.9. The number of halogens is 1. The zero-order valence-corrected chi connectivity index (χ0v) is 13.5. The van der Waals surface area contributed by atoms with Crippen LogP contribution in [0.1, 0.15) is 18.9 Å². The number of ether oxygens (including phenoxy) is 1. The molecule has 1 amide bonds. The predicted molar refractivity (Wildman–Crippen MR) is 84.7 cm³/mol. The summed E-state index contributed by atoms with van der Waals surface area (Å²) in [7, 11) is 4.04. The van der Waals surface area contributed by atoms with Gasteiger partial charge in [0.1, 0.15) is 5.75 Å². The van der Waals surface area contributed by atoms with E-state index in [1.807, 2.05) is 45.3 Å². The third-order valence-corrected chi connectivity index (χ3v) is 2.85. The second-order valence-corrected chi connectivity index (χ2v) is 4.97. The van der Waals surface area contributed by atoms with Crippen LogP contribution in [0.2, 0.25) is 0 Å². The molecule has 20 heavy (non-hydrogen) atoms. The molecule has 0 aliphatic heterocycles. The first-order chi connectivity index (χ1) is 9.00. The van der Waals surface area contributed by atoms with Crippen molar-refractivity contribution in [1.82, 2.24) is 10.2 Å². The summed E-state index contributed by atoms with van der Waals surface area (Å²) in [6.45, 7) is 5.39. The summed E-state index contributed by atoms with van der Waals surface area (Å²) in [6.07, 6.45) is 0.469. The molecule has 5 heteroatoms. The second kappa shape index (κ2) is 9.61. The van der Waals surface area contributed by atoms with Crippen molar-refractivity contribution in [2.75, 3.05) is 27.2 Å².